The van der Waals surface area contributed by atoms with Gasteiger partial charge in [0.1, 0.15) is 4.93 Å². The van der Waals surface area contributed by atoms with E-state index in [0.717, 1.165) is 25.7 Å². The Morgan fingerprint density at radius 2 is 0.650 bits per heavy atom. The van der Waals surface area contributed by atoms with Crippen molar-refractivity contribution < 1.29 is 5.11 Å². The van der Waals surface area contributed by atoms with Crippen LogP contribution < -0.4 is 0 Å². The summed E-state index contributed by atoms with van der Waals surface area (Å²) in [7, 11) is 0. The second kappa shape index (κ2) is 11.9. The van der Waals surface area contributed by atoms with Crippen molar-refractivity contribution in [1.82, 2.24) is 0 Å². The van der Waals surface area contributed by atoms with E-state index >= 15 is 0 Å². The molecule has 1 fully saturated rings. The van der Waals surface area contributed by atoms with E-state index in [1.807, 2.05) is 0 Å². The second-order valence-electron chi connectivity index (χ2n) is 6.79. The van der Waals surface area contributed by atoms with Crippen LogP contribution in [-0.4, -0.2) is 10.0 Å². The van der Waals surface area contributed by atoms with E-state index in [4.69, 9.17) is 0 Å². The lowest BCUT2D eigenvalue weighted by atomic mass is 10.00. The molecule has 1 aliphatic carbocycles. The SMILES string of the molecule is OC1(S)CCCCCCCCCCCCCCCCC1. The Hall–Kier alpha value is 0.310. The molecule has 20 heavy (non-hydrogen) atoms. The molecule has 1 rings (SSSR count). The molecule has 0 aromatic carbocycles. The van der Waals surface area contributed by atoms with Gasteiger partial charge in [0.15, 0.2) is 0 Å². The van der Waals surface area contributed by atoms with Crippen LogP contribution in [0.2, 0.25) is 0 Å². The predicted molar refractivity (Wildman–Crippen MR) is 92.4 cm³/mol. The first-order valence-electron chi connectivity index (χ1n) is 9.15. The molecule has 0 saturated heterocycles. The van der Waals surface area contributed by atoms with Gasteiger partial charge >= 0.3 is 0 Å². The average Bonchev–Trinajstić information content (AvgIpc) is 2.41. The minimum Gasteiger partial charge on any atom is -0.380 e. The summed E-state index contributed by atoms with van der Waals surface area (Å²) in [6.07, 6.45) is 22.0. The van der Waals surface area contributed by atoms with Gasteiger partial charge in [0, 0.05) is 0 Å². The summed E-state index contributed by atoms with van der Waals surface area (Å²) in [4.78, 5) is -0.703. The molecule has 0 heterocycles. The lowest BCUT2D eigenvalue weighted by Gasteiger charge is -2.22. The minimum atomic E-state index is -0.703. The molecule has 1 saturated carbocycles. The molecule has 120 valence electrons. The van der Waals surface area contributed by atoms with Gasteiger partial charge in [-0.15, -0.1) is 12.6 Å². The topological polar surface area (TPSA) is 20.2 Å². The molecule has 0 unspecified atom stereocenters. The maximum absolute atomic E-state index is 10.2. The highest BCUT2D eigenvalue weighted by Gasteiger charge is 2.19. The summed E-state index contributed by atoms with van der Waals surface area (Å²) < 4.78 is 0. The van der Waals surface area contributed by atoms with E-state index in [2.05, 4.69) is 12.6 Å². The first-order valence-corrected chi connectivity index (χ1v) is 9.60. The van der Waals surface area contributed by atoms with E-state index in [0.29, 0.717) is 0 Å². The molecule has 0 atom stereocenters. The fourth-order valence-corrected chi connectivity index (χ4v) is 3.56. The highest BCUT2D eigenvalue weighted by Crippen LogP contribution is 2.26. The predicted octanol–water partition coefficient (Wildman–Crippen LogP) is 6.25. The number of hydrogen-bond donors (Lipinski definition) is 2. The van der Waals surface area contributed by atoms with Crippen LogP contribution in [0.4, 0.5) is 0 Å². The third-order valence-electron chi connectivity index (χ3n) is 4.65. The van der Waals surface area contributed by atoms with Gasteiger partial charge in [-0.25, -0.2) is 0 Å². The summed E-state index contributed by atoms with van der Waals surface area (Å²) in [5, 5.41) is 10.2. The molecule has 1 nitrogen and oxygen atoms in total. The second-order valence-corrected chi connectivity index (χ2v) is 7.62. The minimum absolute atomic E-state index is 0.703. The average molecular weight is 301 g/mol. The number of rotatable bonds is 0. The zero-order valence-electron chi connectivity index (χ0n) is 13.4. The zero-order valence-corrected chi connectivity index (χ0v) is 14.3. The monoisotopic (exact) mass is 300 g/mol. The quantitative estimate of drug-likeness (QED) is 0.400. The number of hydrogen-bond acceptors (Lipinski definition) is 2. The molecule has 0 aromatic heterocycles. The standard InChI is InChI=1S/C18H36OS/c19-18(20)16-14-12-10-8-6-4-2-1-3-5-7-9-11-13-15-17-18/h19-20H,1-17H2. The van der Waals surface area contributed by atoms with Crippen LogP contribution in [0.25, 0.3) is 0 Å². The van der Waals surface area contributed by atoms with E-state index in [1.165, 1.54) is 83.5 Å². The van der Waals surface area contributed by atoms with Crippen molar-refractivity contribution in [1.29, 1.82) is 0 Å². The fourth-order valence-electron chi connectivity index (χ4n) is 3.24. The van der Waals surface area contributed by atoms with Gasteiger partial charge in [-0.3, -0.25) is 0 Å². The van der Waals surface area contributed by atoms with Crippen molar-refractivity contribution in [3.8, 4) is 0 Å². The van der Waals surface area contributed by atoms with Crippen LogP contribution >= 0.6 is 12.6 Å². The molecular formula is C18H36OS. The highest BCUT2D eigenvalue weighted by molar-refractivity contribution is 7.81. The molecular weight excluding hydrogens is 264 g/mol. The van der Waals surface area contributed by atoms with Crippen molar-refractivity contribution in [2.75, 3.05) is 0 Å². The summed E-state index contributed by atoms with van der Waals surface area (Å²) in [6.45, 7) is 0. The molecule has 0 aromatic rings. The van der Waals surface area contributed by atoms with E-state index in [1.54, 1.807) is 0 Å². The van der Waals surface area contributed by atoms with Crippen molar-refractivity contribution >= 4 is 12.6 Å². The molecule has 1 N–H and O–H groups in total. The smallest absolute Gasteiger partial charge is 0.107 e. The van der Waals surface area contributed by atoms with Gasteiger partial charge in [-0.2, -0.15) is 0 Å². The summed E-state index contributed by atoms with van der Waals surface area (Å²) in [6, 6.07) is 0. The van der Waals surface area contributed by atoms with E-state index in [9.17, 15) is 5.11 Å². The Morgan fingerprint density at radius 1 is 0.450 bits per heavy atom. The Labute approximate surface area is 132 Å². The lowest BCUT2D eigenvalue weighted by molar-refractivity contribution is 0.113. The van der Waals surface area contributed by atoms with Crippen LogP contribution in [0.5, 0.6) is 0 Å². The molecule has 0 aliphatic heterocycles. The first kappa shape index (κ1) is 18.4. The van der Waals surface area contributed by atoms with Gasteiger partial charge in [0.2, 0.25) is 0 Å². The van der Waals surface area contributed by atoms with Crippen LogP contribution in [0.3, 0.4) is 0 Å². The van der Waals surface area contributed by atoms with Crippen molar-refractivity contribution in [3.05, 3.63) is 0 Å². The Balaban J connectivity index is 2.18. The third kappa shape index (κ3) is 11.0. The van der Waals surface area contributed by atoms with Crippen molar-refractivity contribution in [2.45, 2.75) is 114 Å². The zero-order chi connectivity index (χ0) is 14.5. The first-order chi connectivity index (χ1) is 9.71. The van der Waals surface area contributed by atoms with Crippen LogP contribution in [0.15, 0.2) is 0 Å². The van der Waals surface area contributed by atoms with Gasteiger partial charge < -0.3 is 5.11 Å². The molecule has 2 heteroatoms. The number of aliphatic hydroxyl groups is 1. The molecule has 0 amide bonds. The van der Waals surface area contributed by atoms with E-state index < -0.39 is 4.93 Å². The summed E-state index contributed by atoms with van der Waals surface area (Å²) >= 11 is 4.45. The molecule has 0 spiro atoms. The van der Waals surface area contributed by atoms with Crippen molar-refractivity contribution in [3.63, 3.8) is 0 Å². The normalized spacial score (nSPS) is 25.5. The largest absolute Gasteiger partial charge is 0.380 e. The van der Waals surface area contributed by atoms with Crippen LogP contribution in [0, 0.1) is 0 Å². The molecule has 1 aliphatic rings. The van der Waals surface area contributed by atoms with Gasteiger partial charge in [-0.05, 0) is 25.7 Å². The van der Waals surface area contributed by atoms with Crippen molar-refractivity contribution in [2.24, 2.45) is 0 Å². The maximum Gasteiger partial charge on any atom is 0.107 e. The Kier molecular flexibility index (Phi) is 10.9. The van der Waals surface area contributed by atoms with Crippen LogP contribution in [0.1, 0.15) is 109 Å². The van der Waals surface area contributed by atoms with Gasteiger partial charge in [-0.1, -0.05) is 83.5 Å². The van der Waals surface area contributed by atoms with Crippen LogP contribution in [-0.2, 0) is 0 Å². The summed E-state index contributed by atoms with van der Waals surface area (Å²) in [5.74, 6) is 0. The number of thiol groups is 1. The van der Waals surface area contributed by atoms with Gasteiger partial charge in [0.25, 0.3) is 0 Å². The summed E-state index contributed by atoms with van der Waals surface area (Å²) in [5.41, 5.74) is 0. The van der Waals surface area contributed by atoms with E-state index in [-0.39, 0.29) is 0 Å². The fraction of sp³-hybridized carbons (Fsp3) is 1.00. The highest BCUT2D eigenvalue weighted by atomic mass is 32.1. The molecule has 0 bridgehead atoms. The molecule has 0 radical (unpaired) electrons. The maximum atomic E-state index is 10.2. The third-order valence-corrected chi connectivity index (χ3v) is 5.10. The van der Waals surface area contributed by atoms with Gasteiger partial charge in [0.05, 0.1) is 0 Å². The lowest BCUT2D eigenvalue weighted by Crippen LogP contribution is -2.20. The Morgan fingerprint density at radius 3 is 0.900 bits per heavy atom. The Bertz CT molecular complexity index is 195.